The normalized spacial score (nSPS) is 32.1. The fraction of sp³-hybridized carbons (Fsp3) is 0.938. The van der Waals surface area contributed by atoms with Crippen molar-refractivity contribution in [1.82, 2.24) is 0 Å². The molecule has 0 heterocycles. The summed E-state index contributed by atoms with van der Waals surface area (Å²) in [5.41, 5.74) is 0.287. The van der Waals surface area contributed by atoms with Crippen molar-refractivity contribution in [2.75, 3.05) is 0 Å². The van der Waals surface area contributed by atoms with Crippen LogP contribution in [0.2, 0.25) is 0 Å². The Hall–Kier alpha value is -0.510. The number of rotatable bonds is 5. The van der Waals surface area contributed by atoms with Gasteiger partial charge in [0.2, 0.25) is 0 Å². The SMILES string of the molecule is CCCCCCC1CC(C)(C)CC(C)(C#N)C1. The molecule has 1 rings (SSSR count). The maximum atomic E-state index is 9.36. The zero-order valence-corrected chi connectivity index (χ0v) is 12.2. The minimum atomic E-state index is -0.0722. The third-order valence-corrected chi connectivity index (χ3v) is 4.19. The Bertz CT molecular complexity index is 274. The Labute approximate surface area is 108 Å². The molecule has 1 aliphatic carbocycles. The zero-order chi connectivity index (χ0) is 12.9. The molecule has 2 unspecified atom stereocenters. The molecule has 0 aromatic carbocycles. The summed E-state index contributed by atoms with van der Waals surface area (Å²) in [4.78, 5) is 0. The Morgan fingerprint density at radius 1 is 1.12 bits per heavy atom. The van der Waals surface area contributed by atoms with Crippen LogP contribution >= 0.6 is 0 Å². The highest BCUT2D eigenvalue weighted by Gasteiger charge is 2.40. The first kappa shape index (κ1) is 14.6. The standard InChI is InChI=1S/C16H29N/c1-5-6-7-8-9-14-10-15(2,3)12-16(4,11-14)13-17/h14H,5-12H2,1-4H3. The van der Waals surface area contributed by atoms with Gasteiger partial charge in [0, 0.05) is 0 Å². The summed E-state index contributed by atoms with van der Waals surface area (Å²) in [7, 11) is 0. The van der Waals surface area contributed by atoms with Crippen LogP contribution in [0.4, 0.5) is 0 Å². The first-order chi connectivity index (χ1) is 7.91. The molecule has 0 radical (unpaired) electrons. The third kappa shape index (κ3) is 4.70. The lowest BCUT2D eigenvalue weighted by atomic mass is 9.60. The highest BCUT2D eigenvalue weighted by molar-refractivity contribution is 5.03. The second-order valence-electron chi connectivity index (χ2n) is 7.14. The Kier molecular flexibility index (Phi) is 5.04. The molecule has 1 heteroatoms. The van der Waals surface area contributed by atoms with Gasteiger partial charge in [0.05, 0.1) is 11.5 Å². The summed E-state index contributed by atoms with van der Waals surface area (Å²) < 4.78 is 0. The van der Waals surface area contributed by atoms with Gasteiger partial charge in [-0.15, -0.1) is 0 Å². The van der Waals surface area contributed by atoms with E-state index in [4.69, 9.17) is 0 Å². The van der Waals surface area contributed by atoms with Gasteiger partial charge >= 0.3 is 0 Å². The van der Waals surface area contributed by atoms with Crippen molar-refractivity contribution in [3.05, 3.63) is 0 Å². The molecule has 0 N–H and O–H groups in total. The molecule has 98 valence electrons. The molecule has 0 amide bonds. The van der Waals surface area contributed by atoms with Gasteiger partial charge in [-0.3, -0.25) is 0 Å². The molecule has 1 saturated carbocycles. The van der Waals surface area contributed by atoms with E-state index in [1.165, 1.54) is 38.5 Å². The molecule has 0 aromatic rings. The van der Waals surface area contributed by atoms with Crippen molar-refractivity contribution in [2.45, 2.75) is 79.1 Å². The summed E-state index contributed by atoms with van der Waals surface area (Å²) in [6.07, 6.45) is 10.3. The van der Waals surface area contributed by atoms with E-state index in [0.29, 0.717) is 5.41 Å². The van der Waals surface area contributed by atoms with Crippen LogP contribution in [0.15, 0.2) is 0 Å². The number of nitrogens with zero attached hydrogens (tertiary/aromatic N) is 1. The molecule has 0 aliphatic heterocycles. The minimum Gasteiger partial charge on any atom is -0.198 e. The van der Waals surface area contributed by atoms with Crippen molar-refractivity contribution in [1.29, 1.82) is 5.26 Å². The Morgan fingerprint density at radius 3 is 2.41 bits per heavy atom. The molecular formula is C16H29N. The van der Waals surface area contributed by atoms with Gasteiger partial charge in [-0.25, -0.2) is 0 Å². The maximum Gasteiger partial charge on any atom is 0.0687 e. The van der Waals surface area contributed by atoms with E-state index < -0.39 is 0 Å². The van der Waals surface area contributed by atoms with Gasteiger partial charge in [-0.1, -0.05) is 52.9 Å². The Balaban J connectivity index is 2.47. The van der Waals surface area contributed by atoms with Gasteiger partial charge in [-0.05, 0) is 37.5 Å². The third-order valence-electron chi connectivity index (χ3n) is 4.19. The van der Waals surface area contributed by atoms with Crippen LogP contribution in [0.5, 0.6) is 0 Å². The van der Waals surface area contributed by atoms with E-state index in [-0.39, 0.29) is 5.41 Å². The Morgan fingerprint density at radius 2 is 1.82 bits per heavy atom. The van der Waals surface area contributed by atoms with Gasteiger partial charge in [0.15, 0.2) is 0 Å². The minimum absolute atomic E-state index is 0.0722. The lowest BCUT2D eigenvalue weighted by Crippen LogP contribution is -2.34. The fourth-order valence-electron chi connectivity index (χ4n) is 3.84. The monoisotopic (exact) mass is 235 g/mol. The molecule has 0 bridgehead atoms. The first-order valence-electron chi connectivity index (χ1n) is 7.32. The summed E-state index contributed by atoms with van der Waals surface area (Å²) in [5.74, 6) is 0.778. The number of nitriles is 1. The average molecular weight is 235 g/mol. The van der Waals surface area contributed by atoms with E-state index in [9.17, 15) is 5.26 Å². The molecule has 0 spiro atoms. The molecule has 1 nitrogen and oxygen atoms in total. The molecule has 1 fully saturated rings. The van der Waals surface area contributed by atoms with E-state index in [0.717, 1.165) is 18.8 Å². The predicted octanol–water partition coefficient (Wildman–Crippen LogP) is 5.31. The van der Waals surface area contributed by atoms with E-state index in [2.05, 4.69) is 33.8 Å². The molecule has 0 aromatic heterocycles. The van der Waals surface area contributed by atoms with Crippen molar-refractivity contribution in [3.8, 4) is 6.07 Å². The van der Waals surface area contributed by atoms with Gasteiger partial charge in [-0.2, -0.15) is 5.26 Å². The zero-order valence-electron chi connectivity index (χ0n) is 12.2. The maximum absolute atomic E-state index is 9.36. The first-order valence-corrected chi connectivity index (χ1v) is 7.32. The second-order valence-corrected chi connectivity index (χ2v) is 7.14. The predicted molar refractivity (Wildman–Crippen MR) is 73.6 cm³/mol. The second kappa shape index (κ2) is 5.89. The molecule has 0 saturated heterocycles. The van der Waals surface area contributed by atoms with E-state index in [1.54, 1.807) is 0 Å². The van der Waals surface area contributed by atoms with Crippen LogP contribution in [0.3, 0.4) is 0 Å². The van der Waals surface area contributed by atoms with E-state index in [1.807, 2.05) is 0 Å². The average Bonchev–Trinajstić information content (AvgIpc) is 2.22. The number of hydrogen-bond donors (Lipinski definition) is 0. The summed E-state index contributed by atoms with van der Waals surface area (Å²) in [6, 6.07) is 2.57. The molecule has 2 atom stereocenters. The van der Waals surface area contributed by atoms with Crippen molar-refractivity contribution >= 4 is 0 Å². The van der Waals surface area contributed by atoms with Gasteiger partial charge < -0.3 is 0 Å². The molecule has 17 heavy (non-hydrogen) atoms. The quantitative estimate of drug-likeness (QED) is 0.592. The highest BCUT2D eigenvalue weighted by Crippen LogP contribution is 2.49. The van der Waals surface area contributed by atoms with Crippen LogP contribution in [-0.4, -0.2) is 0 Å². The largest absolute Gasteiger partial charge is 0.198 e. The summed E-state index contributed by atoms with van der Waals surface area (Å²) >= 11 is 0. The van der Waals surface area contributed by atoms with Gasteiger partial charge in [0.25, 0.3) is 0 Å². The van der Waals surface area contributed by atoms with Crippen molar-refractivity contribution in [3.63, 3.8) is 0 Å². The topological polar surface area (TPSA) is 23.8 Å². The molecular weight excluding hydrogens is 206 g/mol. The lowest BCUT2D eigenvalue weighted by Gasteiger charge is -2.43. The number of hydrogen-bond acceptors (Lipinski definition) is 1. The lowest BCUT2D eigenvalue weighted by molar-refractivity contribution is 0.0864. The van der Waals surface area contributed by atoms with Crippen molar-refractivity contribution < 1.29 is 0 Å². The number of unbranched alkanes of at least 4 members (excludes halogenated alkanes) is 3. The highest BCUT2D eigenvalue weighted by atomic mass is 14.5. The van der Waals surface area contributed by atoms with Crippen molar-refractivity contribution in [2.24, 2.45) is 16.7 Å². The van der Waals surface area contributed by atoms with E-state index >= 15 is 0 Å². The molecule has 1 aliphatic rings. The van der Waals surface area contributed by atoms with Crippen LogP contribution in [0.25, 0.3) is 0 Å². The van der Waals surface area contributed by atoms with Gasteiger partial charge in [0.1, 0.15) is 0 Å². The van der Waals surface area contributed by atoms with Crippen LogP contribution in [0.1, 0.15) is 79.1 Å². The van der Waals surface area contributed by atoms with Crippen LogP contribution < -0.4 is 0 Å². The smallest absolute Gasteiger partial charge is 0.0687 e. The summed E-state index contributed by atoms with van der Waals surface area (Å²) in [5, 5.41) is 9.36. The van der Waals surface area contributed by atoms with Crippen LogP contribution in [-0.2, 0) is 0 Å². The van der Waals surface area contributed by atoms with Crippen LogP contribution in [0, 0.1) is 28.1 Å². The summed E-state index contributed by atoms with van der Waals surface area (Å²) in [6.45, 7) is 9.09. The fourth-order valence-corrected chi connectivity index (χ4v) is 3.84.